The Balaban J connectivity index is 1.61. The molecule has 2 rings (SSSR count). The van der Waals surface area contributed by atoms with E-state index in [0.717, 1.165) is 19.1 Å². The standard InChI is InChI=1S/C14H22N2/c1-2-16(14-8-9-14)11-10-15-12-13-6-4-3-5-7-13/h3-7,14-15H,2,8-12H2,1H3. The van der Waals surface area contributed by atoms with E-state index in [1.165, 1.54) is 31.5 Å². The SMILES string of the molecule is CCN(CCNCc1ccccc1)C1CC1. The number of hydrogen-bond acceptors (Lipinski definition) is 2. The van der Waals surface area contributed by atoms with Crippen LogP contribution in [0.1, 0.15) is 25.3 Å². The average Bonchev–Trinajstić information content (AvgIpc) is 3.15. The second kappa shape index (κ2) is 6.02. The van der Waals surface area contributed by atoms with Gasteiger partial charge in [0.05, 0.1) is 0 Å². The molecule has 2 nitrogen and oxygen atoms in total. The summed E-state index contributed by atoms with van der Waals surface area (Å²) in [5.41, 5.74) is 1.37. The van der Waals surface area contributed by atoms with Crippen LogP contribution in [0.25, 0.3) is 0 Å². The third kappa shape index (κ3) is 3.62. The lowest BCUT2D eigenvalue weighted by Crippen LogP contribution is -2.33. The summed E-state index contributed by atoms with van der Waals surface area (Å²) in [4.78, 5) is 2.58. The van der Waals surface area contributed by atoms with Gasteiger partial charge in [-0.1, -0.05) is 37.3 Å². The van der Waals surface area contributed by atoms with Crippen LogP contribution in [0, 0.1) is 0 Å². The van der Waals surface area contributed by atoms with Gasteiger partial charge in [-0.15, -0.1) is 0 Å². The fourth-order valence-corrected chi connectivity index (χ4v) is 2.09. The molecule has 1 aromatic carbocycles. The Bertz CT molecular complexity index is 293. The number of rotatable bonds is 7. The zero-order valence-electron chi connectivity index (χ0n) is 10.2. The molecule has 16 heavy (non-hydrogen) atoms. The molecule has 0 aliphatic heterocycles. The van der Waals surface area contributed by atoms with E-state index < -0.39 is 0 Å². The summed E-state index contributed by atoms with van der Waals surface area (Å²) in [6.45, 7) is 6.73. The van der Waals surface area contributed by atoms with Gasteiger partial charge >= 0.3 is 0 Å². The van der Waals surface area contributed by atoms with Gasteiger partial charge in [-0.3, -0.25) is 4.90 Å². The number of nitrogens with zero attached hydrogens (tertiary/aromatic N) is 1. The van der Waals surface area contributed by atoms with Gasteiger partial charge in [0.1, 0.15) is 0 Å². The van der Waals surface area contributed by atoms with Gasteiger partial charge in [0.15, 0.2) is 0 Å². The minimum Gasteiger partial charge on any atom is -0.311 e. The van der Waals surface area contributed by atoms with Crippen molar-refractivity contribution < 1.29 is 0 Å². The molecule has 0 atom stereocenters. The summed E-state index contributed by atoms with van der Waals surface area (Å²) >= 11 is 0. The van der Waals surface area contributed by atoms with Gasteiger partial charge in [0.25, 0.3) is 0 Å². The van der Waals surface area contributed by atoms with Crippen molar-refractivity contribution in [2.75, 3.05) is 19.6 Å². The highest BCUT2D eigenvalue weighted by atomic mass is 15.2. The van der Waals surface area contributed by atoms with E-state index in [-0.39, 0.29) is 0 Å². The van der Waals surface area contributed by atoms with Crippen LogP contribution >= 0.6 is 0 Å². The normalized spacial score (nSPS) is 15.6. The second-order valence-corrected chi connectivity index (χ2v) is 4.52. The molecule has 0 unspecified atom stereocenters. The summed E-state index contributed by atoms with van der Waals surface area (Å²) in [6.07, 6.45) is 2.82. The highest BCUT2D eigenvalue weighted by Crippen LogP contribution is 2.25. The molecule has 2 heteroatoms. The van der Waals surface area contributed by atoms with Crippen molar-refractivity contribution in [3.8, 4) is 0 Å². The van der Waals surface area contributed by atoms with Crippen molar-refractivity contribution in [3.05, 3.63) is 35.9 Å². The van der Waals surface area contributed by atoms with Crippen LogP contribution < -0.4 is 5.32 Å². The van der Waals surface area contributed by atoms with Gasteiger partial charge in [-0.2, -0.15) is 0 Å². The van der Waals surface area contributed by atoms with Gasteiger partial charge < -0.3 is 5.32 Å². The van der Waals surface area contributed by atoms with Gasteiger partial charge in [-0.25, -0.2) is 0 Å². The quantitative estimate of drug-likeness (QED) is 0.706. The first-order valence-corrected chi connectivity index (χ1v) is 6.39. The fraction of sp³-hybridized carbons (Fsp3) is 0.571. The predicted molar refractivity (Wildman–Crippen MR) is 68.4 cm³/mol. The minimum absolute atomic E-state index is 0.892. The summed E-state index contributed by atoms with van der Waals surface area (Å²) in [5.74, 6) is 0. The molecule has 0 heterocycles. The van der Waals surface area contributed by atoms with Crippen LogP contribution in [-0.2, 0) is 6.54 Å². The van der Waals surface area contributed by atoms with E-state index in [4.69, 9.17) is 0 Å². The zero-order valence-corrected chi connectivity index (χ0v) is 10.2. The maximum absolute atomic E-state index is 3.51. The lowest BCUT2D eigenvalue weighted by Gasteiger charge is -2.19. The molecule has 0 saturated heterocycles. The number of benzene rings is 1. The molecule has 1 aliphatic rings. The average molecular weight is 218 g/mol. The minimum atomic E-state index is 0.892. The Labute approximate surface area is 98.7 Å². The van der Waals surface area contributed by atoms with Crippen molar-refractivity contribution in [1.82, 2.24) is 10.2 Å². The largest absolute Gasteiger partial charge is 0.311 e. The first kappa shape index (κ1) is 11.6. The van der Waals surface area contributed by atoms with Crippen LogP contribution in [0.3, 0.4) is 0 Å². The van der Waals surface area contributed by atoms with Crippen molar-refractivity contribution in [1.29, 1.82) is 0 Å². The summed E-state index contributed by atoms with van der Waals surface area (Å²) < 4.78 is 0. The Hall–Kier alpha value is -0.860. The molecule has 0 radical (unpaired) electrons. The Kier molecular flexibility index (Phi) is 4.37. The van der Waals surface area contributed by atoms with Crippen LogP contribution in [0.5, 0.6) is 0 Å². The van der Waals surface area contributed by atoms with E-state index in [1.807, 2.05) is 0 Å². The molecule has 0 spiro atoms. The van der Waals surface area contributed by atoms with Crippen molar-refractivity contribution in [2.45, 2.75) is 32.4 Å². The highest BCUT2D eigenvalue weighted by Gasteiger charge is 2.26. The van der Waals surface area contributed by atoms with Crippen molar-refractivity contribution >= 4 is 0 Å². The molecule has 1 aliphatic carbocycles. The maximum atomic E-state index is 3.51. The molecule has 1 aromatic rings. The molecule has 0 aromatic heterocycles. The smallest absolute Gasteiger partial charge is 0.0206 e. The molecule has 1 saturated carbocycles. The van der Waals surface area contributed by atoms with E-state index in [0.29, 0.717) is 0 Å². The molecule has 0 amide bonds. The van der Waals surface area contributed by atoms with Crippen molar-refractivity contribution in [2.24, 2.45) is 0 Å². The topological polar surface area (TPSA) is 15.3 Å². The van der Waals surface area contributed by atoms with E-state index in [1.54, 1.807) is 0 Å². The molecule has 1 N–H and O–H groups in total. The lowest BCUT2D eigenvalue weighted by atomic mass is 10.2. The highest BCUT2D eigenvalue weighted by molar-refractivity contribution is 5.14. The van der Waals surface area contributed by atoms with E-state index in [9.17, 15) is 0 Å². The summed E-state index contributed by atoms with van der Waals surface area (Å²) in [5, 5.41) is 3.51. The van der Waals surface area contributed by atoms with Crippen molar-refractivity contribution in [3.63, 3.8) is 0 Å². The third-order valence-electron chi connectivity index (χ3n) is 3.22. The lowest BCUT2D eigenvalue weighted by molar-refractivity contribution is 0.277. The number of hydrogen-bond donors (Lipinski definition) is 1. The van der Waals surface area contributed by atoms with Crippen LogP contribution in [0.2, 0.25) is 0 Å². The Morgan fingerprint density at radius 1 is 1.25 bits per heavy atom. The fourth-order valence-electron chi connectivity index (χ4n) is 2.09. The third-order valence-corrected chi connectivity index (χ3v) is 3.22. The van der Waals surface area contributed by atoms with Crippen LogP contribution in [0.15, 0.2) is 30.3 Å². The molecular weight excluding hydrogens is 196 g/mol. The molecule has 1 fully saturated rings. The number of likely N-dealkylation sites (N-methyl/N-ethyl adjacent to an activating group) is 1. The summed E-state index contributed by atoms with van der Waals surface area (Å²) in [6, 6.07) is 11.5. The Morgan fingerprint density at radius 3 is 2.62 bits per heavy atom. The first-order valence-electron chi connectivity index (χ1n) is 6.39. The zero-order chi connectivity index (χ0) is 11.2. The van der Waals surface area contributed by atoms with Gasteiger partial charge in [-0.05, 0) is 24.9 Å². The van der Waals surface area contributed by atoms with E-state index >= 15 is 0 Å². The Morgan fingerprint density at radius 2 is 2.00 bits per heavy atom. The molecule has 0 bridgehead atoms. The van der Waals surface area contributed by atoms with Gasteiger partial charge in [0.2, 0.25) is 0 Å². The monoisotopic (exact) mass is 218 g/mol. The first-order chi connectivity index (χ1) is 7.90. The predicted octanol–water partition coefficient (Wildman–Crippen LogP) is 2.26. The van der Waals surface area contributed by atoms with Crippen LogP contribution in [0.4, 0.5) is 0 Å². The van der Waals surface area contributed by atoms with Gasteiger partial charge in [0, 0.05) is 25.7 Å². The number of nitrogens with one attached hydrogen (secondary N) is 1. The van der Waals surface area contributed by atoms with E-state index in [2.05, 4.69) is 47.5 Å². The molecule has 88 valence electrons. The van der Waals surface area contributed by atoms with Crippen LogP contribution in [-0.4, -0.2) is 30.6 Å². The summed E-state index contributed by atoms with van der Waals surface area (Å²) in [7, 11) is 0. The maximum Gasteiger partial charge on any atom is 0.0206 e. The molecular formula is C14H22N2. The second-order valence-electron chi connectivity index (χ2n) is 4.52.